The molecule has 1 N–H and O–H groups in total. The molecule has 0 fully saturated rings. The fourth-order valence-corrected chi connectivity index (χ4v) is 2.48. The Bertz CT molecular complexity index is 718. The summed E-state index contributed by atoms with van der Waals surface area (Å²) in [7, 11) is 1.52. The van der Waals surface area contributed by atoms with Crippen LogP contribution in [0.25, 0.3) is 0 Å². The van der Waals surface area contributed by atoms with E-state index < -0.39 is 5.97 Å². The molecule has 0 bridgehead atoms. The van der Waals surface area contributed by atoms with E-state index in [9.17, 15) is 14.7 Å². The van der Waals surface area contributed by atoms with Crippen LogP contribution in [0.5, 0.6) is 0 Å². The Hall–Kier alpha value is -1.85. The largest absolute Gasteiger partial charge is 0.478 e. The van der Waals surface area contributed by atoms with Gasteiger partial charge >= 0.3 is 5.97 Å². The Morgan fingerprint density at radius 2 is 1.71 bits per heavy atom. The zero-order valence-electron chi connectivity index (χ0n) is 11.0. The number of para-hydroxylation sites is 1. The van der Waals surface area contributed by atoms with Crippen molar-refractivity contribution in [2.45, 2.75) is 0 Å². The number of benzene rings is 2. The maximum Gasteiger partial charge on any atom is 0.337 e. The molecular weight excluding hydrogens is 358 g/mol. The molecule has 0 aliphatic rings. The number of nitrogens with zero attached hydrogens (tertiary/aromatic N) is 1. The van der Waals surface area contributed by atoms with Crippen LogP contribution >= 0.6 is 27.5 Å². The highest BCUT2D eigenvalue weighted by Crippen LogP contribution is 2.28. The quantitative estimate of drug-likeness (QED) is 0.888. The fourth-order valence-electron chi connectivity index (χ4n) is 1.91. The standard InChI is InChI=1S/C15H11BrClNO3/c1-18(12-8-3-2-5-9(12)15(20)21)14(19)10-6-4-7-11(16)13(10)17/h2-8H,1H3,(H,20,21). The highest BCUT2D eigenvalue weighted by molar-refractivity contribution is 9.10. The van der Waals surface area contributed by atoms with Gasteiger partial charge in [-0.25, -0.2) is 4.79 Å². The van der Waals surface area contributed by atoms with Crippen molar-refractivity contribution < 1.29 is 14.7 Å². The molecular formula is C15H11BrClNO3. The maximum atomic E-state index is 12.5. The monoisotopic (exact) mass is 367 g/mol. The molecule has 0 spiro atoms. The molecule has 0 saturated heterocycles. The average molecular weight is 369 g/mol. The van der Waals surface area contributed by atoms with Gasteiger partial charge in [-0.2, -0.15) is 0 Å². The van der Waals surface area contributed by atoms with Gasteiger partial charge in [-0.05, 0) is 40.2 Å². The lowest BCUT2D eigenvalue weighted by Crippen LogP contribution is -2.28. The summed E-state index contributed by atoms with van der Waals surface area (Å²) >= 11 is 9.37. The van der Waals surface area contributed by atoms with Crippen LogP contribution in [0.15, 0.2) is 46.9 Å². The number of carboxylic acids is 1. The molecule has 2 aromatic rings. The van der Waals surface area contributed by atoms with Gasteiger partial charge in [0.15, 0.2) is 0 Å². The number of aromatic carboxylic acids is 1. The molecule has 0 aliphatic heterocycles. The van der Waals surface area contributed by atoms with Crippen molar-refractivity contribution >= 4 is 45.1 Å². The highest BCUT2D eigenvalue weighted by atomic mass is 79.9. The molecule has 0 unspecified atom stereocenters. The molecule has 0 aliphatic carbocycles. The summed E-state index contributed by atoms with van der Waals surface area (Å²) in [6, 6.07) is 11.3. The molecule has 1 amide bonds. The lowest BCUT2D eigenvalue weighted by Gasteiger charge is -2.20. The van der Waals surface area contributed by atoms with Gasteiger partial charge in [0.25, 0.3) is 5.91 Å². The number of halogens is 2. The van der Waals surface area contributed by atoms with E-state index in [-0.39, 0.29) is 11.5 Å². The minimum atomic E-state index is -1.09. The molecule has 2 aromatic carbocycles. The van der Waals surface area contributed by atoms with Crippen molar-refractivity contribution in [3.05, 3.63) is 63.1 Å². The first-order chi connectivity index (χ1) is 9.93. The summed E-state index contributed by atoms with van der Waals surface area (Å²) < 4.78 is 0.606. The maximum absolute atomic E-state index is 12.5. The minimum Gasteiger partial charge on any atom is -0.478 e. The van der Waals surface area contributed by atoms with Crippen molar-refractivity contribution in [2.75, 3.05) is 11.9 Å². The summed E-state index contributed by atoms with van der Waals surface area (Å²) in [4.78, 5) is 25.0. The van der Waals surface area contributed by atoms with Gasteiger partial charge in [0.1, 0.15) is 0 Å². The first kappa shape index (κ1) is 15.5. The van der Waals surface area contributed by atoms with E-state index in [0.717, 1.165) is 0 Å². The summed E-state index contributed by atoms with van der Waals surface area (Å²) in [5, 5.41) is 9.49. The molecule has 0 radical (unpaired) electrons. The van der Waals surface area contributed by atoms with Crippen LogP contribution in [0, 0.1) is 0 Å². The molecule has 2 rings (SSSR count). The molecule has 0 atom stereocenters. The van der Waals surface area contributed by atoms with E-state index in [1.165, 1.54) is 18.0 Å². The molecule has 108 valence electrons. The van der Waals surface area contributed by atoms with Crippen molar-refractivity contribution in [3.63, 3.8) is 0 Å². The van der Waals surface area contributed by atoms with E-state index in [2.05, 4.69) is 15.9 Å². The summed E-state index contributed by atoms with van der Waals surface area (Å²) in [5.74, 6) is -1.47. The van der Waals surface area contributed by atoms with Crippen LogP contribution in [-0.2, 0) is 0 Å². The zero-order chi connectivity index (χ0) is 15.6. The van der Waals surface area contributed by atoms with Gasteiger partial charge in [0.2, 0.25) is 0 Å². The van der Waals surface area contributed by atoms with Gasteiger partial charge in [-0.1, -0.05) is 29.8 Å². The van der Waals surface area contributed by atoms with E-state index in [0.29, 0.717) is 20.7 Å². The highest BCUT2D eigenvalue weighted by Gasteiger charge is 2.21. The third kappa shape index (κ3) is 3.09. The third-order valence-electron chi connectivity index (χ3n) is 2.98. The van der Waals surface area contributed by atoms with Crippen LogP contribution in [0.4, 0.5) is 5.69 Å². The summed E-state index contributed by atoms with van der Waals surface area (Å²) in [6.45, 7) is 0. The van der Waals surface area contributed by atoms with E-state index in [1.54, 1.807) is 36.4 Å². The van der Waals surface area contributed by atoms with Crippen LogP contribution in [0.2, 0.25) is 5.02 Å². The molecule has 6 heteroatoms. The van der Waals surface area contributed by atoms with E-state index in [1.807, 2.05) is 0 Å². The number of carbonyl (C=O) groups excluding carboxylic acids is 1. The van der Waals surface area contributed by atoms with E-state index in [4.69, 9.17) is 11.6 Å². The average Bonchev–Trinajstić information content (AvgIpc) is 2.48. The first-order valence-electron chi connectivity index (χ1n) is 5.98. The number of rotatable bonds is 3. The lowest BCUT2D eigenvalue weighted by atomic mass is 10.1. The van der Waals surface area contributed by atoms with Gasteiger partial charge in [-0.3, -0.25) is 4.79 Å². The molecule has 21 heavy (non-hydrogen) atoms. The minimum absolute atomic E-state index is 0.0551. The molecule has 0 aromatic heterocycles. The van der Waals surface area contributed by atoms with Crippen LogP contribution in [-0.4, -0.2) is 24.0 Å². The second kappa shape index (κ2) is 6.28. The van der Waals surface area contributed by atoms with Gasteiger partial charge < -0.3 is 10.0 Å². The molecule has 0 heterocycles. The number of amides is 1. The third-order valence-corrected chi connectivity index (χ3v) is 4.28. The summed E-state index contributed by atoms with van der Waals surface area (Å²) in [5.41, 5.74) is 0.666. The van der Waals surface area contributed by atoms with Gasteiger partial charge in [-0.15, -0.1) is 0 Å². The molecule has 0 saturated carbocycles. The first-order valence-corrected chi connectivity index (χ1v) is 7.15. The fraction of sp³-hybridized carbons (Fsp3) is 0.0667. The number of carbonyl (C=O) groups is 2. The smallest absolute Gasteiger partial charge is 0.337 e. The Morgan fingerprint density at radius 3 is 2.38 bits per heavy atom. The van der Waals surface area contributed by atoms with Crippen molar-refractivity contribution in [3.8, 4) is 0 Å². The Kier molecular flexibility index (Phi) is 4.65. The van der Waals surface area contributed by atoms with Crippen molar-refractivity contribution in [1.29, 1.82) is 0 Å². The number of hydrogen-bond donors (Lipinski definition) is 1. The second-order valence-electron chi connectivity index (χ2n) is 4.29. The molecule has 4 nitrogen and oxygen atoms in total. The van der Waals surface area contributed by atoms with Gasteiger partial charge in [0, 0.05) is 11.5 Å². The SMILES string of the molecule is CN(C(=O)c1cccc(Br)c1Cl)c1ccccc1C(=O)O. The number of hydrogen-bond acceptors (Lipinski definition) is 2. The predicted octanol–water partition coefficient (Wildman–Crippen LogP) is 4.08. The predicted molar refractivity (Wildman–Crippen MR) is 85.3 cm³/mol. The topological polar surface area (TPSA) is 57.6 Å². The van der Waals surface area contributed by atoms with Crippen molar-refractivity contribution in [1.82, 2.24) is 0 Å². The number of carboxylic acid groups (broad SMARTS) is 1. The number of anilines is 1. The Labute approximate surface area is 135 Å². The van der Waals surface area contributed by atoms with Crippen LogP contribution < -0.4 is 4.90 Å². The Morgan fingerprint density at radius 1 is 1.10 bits per heavy atom. The second-order valence-corrected chi connectivity index (χ2v) is 5.52. The van der Waals surface area contributed by atoms with E-state index >= 15 is 0 Å². The summed E-state index contributed by atoms with van der Waals surface area (Å²) in [6.07, 6.45) is 0. The van der Waals surface area contributed by atoms with Crippen LogP contribution in [0.3, 0.4) is 0 Å². The normalized spacial score (nSPS) is 10.2. The lowest BCUT2D eigenvalue weighted by molar-refractivity contribution is 0.0697. The van der Waals surface area contributed by atoms with Gasteiger partial charge in [0.05, 0.1) is 21.8 Å². The van der Waals surface area contributed by atoms with Crippen LogP contribution in [0.1, 0.15) is 20.7 Å². The Balaban J connectivity index is 2.45. The van der Waals surface area contributed by atoms with Crippen molar-refractivity contribution in [2.24, 2.45) is 0 Å². The zero-order valence-corrected chi connectivity index (χ0v) is 13.4.